The molecule has 0 aromatic heterocycles. The van der Waals surface area contributed by atoms with Crippen molar-refractivity contribution in [3.05, 3.63) is 34.9 Å². The van der Waals surface area contributed by atoms with Crippen molar-refractivity contribution in [3.63, 3.8) is 0 Å². The maximum Gasteiger partial charge on any atom is 0.0594 e. The molecule has 1 saturated heterocycles. The molecule has 0 aliphatic carbocycles. The van der Waals surface area contributed by atoms with Crippen molar-refractivity contribution in [1.29, 1.82) is 0 Å². The van der Waals surface area contributed by atoms with E-state index in [4.69, 9.17) is 16.3 Å². The average Bonchev–Trinajstić information content (AvgIpc) is 2.48. The first-order valence-corrected chi connectivity index (χ1v) is 7.41. The zero-order valence-corrected chi connectivity index (χ0v) is 12.9. The lowest BCUT2D eigenvalue weighted by molar-refractivity contribution is 0.0165. The van der Waals surface area contributed by atoms with Crippen LogP contribution >= 0.6 is 11.6 Å². The largest absolute Gasteiger partial charge is 0.379 e. The average molecular weight is 285 g/mol. The van der Waals surface area contributed by atoms with Crippen molar-refractivity contribution in [2.45, 2.75) is 19.9 Å². The number of hydrogen-bond acceptors (Lipinski definition) is 3. The molecule has 3 nitrogen and oxygen atoms in total. The number of nitrogens with zero attached hydrogens (tertiary/aromatic N) is 1. The van der Waals surface area contributed by atoms with E-state index >= 15 is 0 Å². The Bertz CT molecular complexity index is 354. The third-order valence-corrected chi connectivity index (χ3v) is 3.35. The Hall–Kier alpha value is -0.610. The summed E-state index contributed by atoms with van der Waals surface area (Å²) < 4.78 is 5.40. The number of hydrogen-bond donors (Lipinski definition) is 1. The van der Waals surface area contributed by atoms with Crippen LogP contribution in [0.4, 0.5) is 0 Å². The first kappa shape index (κ1) is 16.4. The van der Waals surface area contributed by atoms with Gasteiger partial charge in [-0.15, -0.1) is 0 Å². The lowest BCUT2D eigenvalue weighted by atomic mass is 10.0. The molecule has 0 bridgehead atoms. The van der Waals surface area contributed by atoms with Crippen LogP contribution in [0, 0.1) is 0 Å². The number of nitrogens with one attached hydrogen (secondary N) is 1. The van der Waals surface area contributed by atoms with Crippen LogP contribution in [0.15, 0.2) is 24.3 Å². The Kier molecular flexibility index (Phi) is 8.07. The Morgan fingerprint density at radius 1 is 1.32 bits per heavy atom. The minimum Gasteiger partial charge on any atom is -0.379 e. The number of rotatable bonds is 4. The van der Waals surface area contributed by atoms with Gasteiger partial charge >= 0.3 is 0 Å². The van der Waals surface area contributed by atoms with E-state index in [-0.39, 0.29) is 0 Å². The van der Waals surface area contributed by atoms with Crippen molar-refractivity contribution in [2.75, 3.05) is 39.9 Å². The van der Waals surface area contributed by atoms with Gasteiger partial charge in [-0.1, -0.05) is 37.6 Å². The molecule has 1 aliphatic rings. The third-order valence-electron chi connectivity index (χ3n) is 3.12. The summed E-state index contributed by atoms with van der Waals surface area (Å²) >= 11 is 6.06. The van der Waals surface area contributed by atoms with Crippen molar-refractivity contribution >= 4 is 11.6 Å². The van der Waals surface area contributed by atoms with Gasteiger partial charge in [0.2, 0.25) is 0 Å². The van der Waals surface area contributed by atoms with Crippen LogP contribution in [0.5, 0.6) is 0 Å². The Morgan fingerprint density at radius 2 is 2.00 bits per heavy atom. The monoisotopic (exact) mass is 284 g/mol. The van der Waals surface area contributed by atoms with Gasteiger partial charge in [0, 0.05) is 30.7 Å². The summed E-state index contributed by atoms with van der Waals surface area (Å²) in [6, 6.07) is 8.51. The van der Waals surface area contributed by atoms with E-state index in [1.807, 2.05) is 33.0 Å². The van der Waals surface area contributed by atoms with E-state index in [0.717, 1.165) is 37.9 Å². The molecule has 0 spiro atoms. The molecule has 1 aliphatic heterocycles. The van der Waals surface area contributed by atoms with Crippen LogP contribution in [-0.2, 0) is 4.74 Å². The van der Waals surface area contributed by atoms with Gasteiger partial charge in [-0.2, -0.15) is 0 Å². The van der Waals surface area contributed by atoms with Crippen molar-refractivity contribution in [2.24, 2.45) is 0 Å². The van der Waals surface area contributed by atoms with Gasteiger partial charge < -0.3 is 10.1 Å². The van der Waals surface area contributed by atoms with Crippen LogP contribution in [0.2, 0.25) is 5.02 Å². The summed E-state index contributed by atoms with van der Waals surface area (Å²) in [7, 11) is 1.98. The van der Waals surface area contributed by atoms with E-state index in [0.29, 0.717) is 6.04 Å². The number of likely N-dealkylation sites (N-methyl/N-ethyl adjacent to an activating group) is 1. The molecule has 108 valence electrons. The molecule has 19 heavy (non-hydrogen) atoms. The van der Waals surface area contributed by atoms with Crippen molar-refractivity contribution in [1.82, 2.24) is 10.2 Å². The molecule has 0 amide bonds. The predicted octanol–water partition coefficient (Wildman–Crippen LogP) is 2.96. The van der Waals surface area contributed by atoms with Crippen molar-refractivity contribution in [3.8, 4) is 0 Å². The summed E-state index contributed by atoms with van der Waals surface area (Å²) in [5, 5.41) is 4.06. The highest BCUT2D eigenvalue weighted by molar-refractivity contribution is 6.30. The SMILES string of the molecule is CC.CNCC(c1cccc(Cl)c1)N1CCOCC1. The quantitative estimate of drug-likeness (QED) is 0.920. The molecule has 1 fully saturated rings. The first-order valence-electron chi connectivity index (χ1n) is 7.03. The van der Waals surface area contributed by atoms with E-state index in [1.165, 1.54) is 5.56 Å². The summed E-state index contributed by atoms with van der Waals surface area (Å²) in [6.07, 6.45) is 0. The lowest BCUT2D eigenvalue weighted by Gasteiger charge is -2.34. The standard InChI is InChI=1S/C13H19ClN2O.C2H6/c1-15-10-13(16-5-7-17-8-6-16)11-3-2-4-12(14)9-11;1-2/h2-4,9,13,15H,5-8,10H2,1H3;1-2H3. The molecule has 1 heterocycles. The highest BCUT2D eigenvalue weighted by Gasteiger charge is 2.21. The van der Waals surface area contributed by atoms with Crippen LogP contribution < -0.4 is 5.32 Å². The van der Waals surface area contributed by atoms with Gasteiger partial charge in [0.25, 0.3) is 0 Å². The van der Waals surface area contributed by atoms with Crippen molar-refractivity contribution < 1.29 is 4.74 Å². The Labute approximate surface area is 121 Å². The molecule has 4 heteroatoms. The van der Waals surface area contributed by atoms with Crippen LogP contribution in [-0.4, -0.2) is 44.8 Å². The third kappa shape index (κ3) is 5.11. The Balaban J connectivity index is 0.000000861. The van der Waals surface area contributed by atoms with E-state index in [1.54, 1.807) is 0 Å². The normalized spacial score (nSPS) is 17.5. The second-order valence-electron chi connectivity index (χ2n) is 4.28. The van der Waals surface area contributed by atoms with Crippen LogP contribution in [0.25, 0.3) is 0 Å². The molecule has 1 atom stereocenters. The fourth-order valence-corrected chi connectivity index (χ4v) is 2.45. The predicted molar refractivity (Wildman–Crippen MR) is 81.9 cm³/mol. The van der Waals surface area contributed by atoms with E-state index < -0.39 is 0 Å². The minimum absolute atomic E-state index is 0.377. The number of halogens is 1. The second-order valence-corrected chi connectivity index (χ2v) is 4.71. The number of ether oxygens (including phenoxy) is 1. The van der Waals surface area contributed by atoms with Gasteiger partial charge in [-0.3, -0.25) is 4.90 Å². The van der Waals surface area contributed by atoms with Gasteiger partial charge in [0.15, 0.2) is 0 Å². The number of benzene rings is 1. The second kappa shape index (κ2) is 9.32. The Morgan fingerprint density at radius 3 is 2.58 bits per heavy atom. The molecule has 1 aromatic rings. The number of morpholine rings is 1. The van der Waals surface area contributed by atoms with E-state index in [2.05, 4.69) is 22.3 Å². The van der Waals surface area contributed by atoms with Gasteiger partial charge in [0.1, 0.15) is 0 Å². The molecule has 0 saturated carbocycles. The van der Waals surface area contributed by atoms with E-state index in [9.17, 15) is 0 Å². The van der Waals surface area contributed by atoms with Crippen LogP contribution in [0.1, 0.15) is 25.5 Å². The molecule has 0 radical (unpaired) electrons. The fourth-order valence-electron chi connectivity index (χ4n) is 2.25. The molecule has 2 rings (SSSR count). The zero-order chi connectivity index (χ0) is 14.1. The highest BCUT2D eigenvalue weighted by Crippen LogP contribution is 2.23. The molecule has 1 unspecified atom stereocenters. The maximum absolute atomic E-state index is 6.06. The highest BCUT2D eigenvalue weighted by atomic mass is 35.5. The molecule has 1 N–H and O–H groups in total. The molecule has 1 aromatic carbocycles. The summed E-state index contributed by atoms with van der Waals surface area (Å²) in [4.78, 5) is 2.45. The zero-order valence-electron chi connectivity index (χ0n) is 12.2. The smallest absolute Gasteiger partial charge is 0.0594 e. The first-order chi connectivity index (χ1) is 9.31. The lowest BCUT2D eigenvalue weighted by Crippen LogP contribution is -2.42. The molecular weight excluding hydrogens is 260 g/mol. The van der Waals surface area contributed by atoms with Gasteiger partial charge in [0.05, 0.1) is 13.2 Å². The maximum atomic E-state index is 6.06. The topological polar surface area (TPSA) is 24.5 Å². The fraction of sp³-hybridized carbons (Fsp3) is 0.600. The minimum atomic E-state index is 0.377. The van der Waals surface area contributed by atoms with Crippen LogP contribution in [0.3, 0.4) is 0 Å². The molecular formula is C15H25ClN2O. The summed E-state index contributed by atoms with van der Waals surface area (Å²) in [5.74, 6) is 0. The van der Waals surface area contributed by atoms with Gasteiger partial charge in [-0.05, 0) is 24.7 Å². The summed E-state index contributed by atoms with van der Waals surface area (Å²) in [5.41, 5.74) is 1.27. The summed E-state index contributed by atoms with van der Waals surface area (Å²) in [6.45, 7) is 8.54. The van der Waals surface area contributed by atoms with Gasteiger partial charge in [-0.25, -0.2) is 0 Å².